The minimum absolute atomic E-state index is 0.223. The van der Waals surface area contributed by atoms with Gasteiger partial charge in [0, 0.05) is 24.9 Å². The van der Waals surface area contributed by atoms with Crippen molar-refractivity contribution in [1.82, 2.24) is 10.3 Å². The van der Waals surface area contributed by atoms with Gasteiger partial charge in [-0.15, -0.1) is 0 Å². The number of nitrogens with zero attached hydrogens (tertiary/aromatic N) is 1. The number of alkyl halides is 3. The standard InChI is InChI=1S/C16H15F3N2O/c1-11-6-7-12(21-10-11)8-9-20-15(22)13-4-2-3-5-14(13)16(17,18)19/h2-7,10H,8-9H2,1H3,(H,20,22). The number of aryl methyl sites for hydroxylation is 1. The highest BCUT2D eigenvalue weighted by Gasteiger charge is 2.34. The smallest absolute Gasteiger partial charge is 0.352 e. The van der Waals surface area contributed by atoms with Crippen LogP contribution in [-0.4, -0.2) is 17.4 Å². The summed E-state index contributed by atoms with van der Waals surface area (Å²) in [5.41, 5.74) is 0.495. The van der Waals surface area contributed by atoms with E-state index in [9.17, 15) is 18.0 Å². The average molecular weight is 308 g/mol. The van der Waals surface area contributed by atoms with Crippen LogP contribution in [-0.2, 0) is 12.6 Å². The third kappa shape index (κ3) is 4.07. The molecule has 0 saturated heterocycles. The summed E-state index contributed by atoms with van der Waals surface area (Å²) in [6.07, 6.45) is -2.39. The van der Waals surface area contributed by atoms with Crippen LogP contribution in [0.4, 0.5) is 13.2 Å². The third-order valence-corrected chi connectivity index (χ3v) is 3.12. The second-order valence-electron chi connectivity index (χ2n) is 4.88. The maximum atomic E-state index is 12.8. The molecule has 2 aromatic rings. The molecule has 3 nitrogen and oxygen atoms in total. The molecular formula is C16H15F3N2O. The number of halogens is 3. The first-order chi connectivity index (χ1) is 10.4. The van der Waals surface area contributed by atoms with Crippen LogP contribution in [0.15, 0.2) is 42.6 Å². The van der Waals surface area contributed by atoms with Gasteiger partial charge >= 0.3 is 6.18 Å². The third-order valence-electron chi connectivity index (χ3n) is 3.12. The Morgan fingerprint density at radius 3 is 2.55 bits per heavy atom. The SMILES string of the molecule is Cc1ccc(CCNC(=O)c2ccccc2C(F)(F)F)nc1. The second-order valence-corrected chi connectivity index (χ2v) is 4.88. The first-order valence-electron chi connectivity index (χ1n) is 6.74. The fraction of sp³-hybridized carbons (Fsp3) is 0.250. The topological polar surface area (TPSA) is 42.0 Å². The van der Waals surface area contributed by atoms with E-state index in [4.69, 9.17) is 0 Å². The van der Waals surface area contributed by atoms with E-state index in [1.54, 1.807) is 6.20 Å². The Morgan fingerprint density at radius 1 is 1.18 bits per heavy atom. The normalized spacial score (nSPS) is 11.3. The van der Waals surface area contributed by atoms with Crippen LogP contribution in [0.5, 0.6) is 0 Å². The molecule has 0 fully saturated rings. The van der Waals surface area contributed by atoms with E-state index in [0.717, 1.165) is 17.3 Å². The number of hydrogen-bond acceptors (Lipinski definition) is 2. The molecule has 6 heteroatoms. The van der Waals surface area contributed by atoms with E-state index < -0.39 is 17.6 Å². The van der Waals surface area contributed by atoms with Crippen LogP contribution in [0.2, 0.25) is 0 Å². The molecule has 0 saturated carbocycles. The number of nitrogens with one attached hydrogen (secondary N) is 1. The predicted molar refractivity (Wildman–Crippen MR) is 76.5 cm³/mol. The van der Waals surface area contributed by atoms with Crippen molar-refractivity contribution in [1.29, 1.82) is 0 Å². The summed E-state index contributed by atoms with van der Waals surface area (Å²) in [6.45, 7) is 2.13. The Bertz CT molecular complexity index is 651. The second kappa shape index (κ2) is 6.60. The van der Waals surface area contributed by atoms with E-state index in [1.807, 2.05) is 19.1 Å². The highest BCUT2D eigenvalue weighted by atomic mass is 19.4. The van der Waals surface area contributed by atoms with Gasteiger partial charge in [-0.25, -0.2) is 0 Å². The van der Waals surface area contributed by atoms with E-state index in [2.05, 4.69) is 10.3 Å². The highest BCUT2D eigenvalue weighted by Crippen LogP contribution is 2.31. The molecule has 0 unspecified atom stereocenters. The summed E-state index contributed by atoms with van der Waals surface area (Å²) in [7, 11) is 0. The Labute approximate surface area is 126 Å². The first kappa shape index (κ1) is 16.0. The van der Waals surface area contributed by atoms with Gasteiger partial charge in [0.05, 0.1) is 11.1 Å². The maximum absolute atomic E-state index is 12.8. The minimum Gasteiger partial charge on any atom is -0.352 e. The van der Waals surface area contributed by atoms with Crippen molar-refractivity contribution in [2.75, 3.05) is 6.54 Å². The van der Waals surface area contributed by atoms with Gasteiger partial charge in [-0.3, -0.25) is 9.78 Å². The van der Waals surface area contributed by atoms with Gasteiger partial charge in [0.15, 0.2) is 0 Å². The van der Waals surface area contributed by atoms with Gasteiger partial charge in [0.25, 0.3) is 5.91 Å². The minimum atomic E-state index is -4.55. The van der Waals surface area contributed by atoms with E-state index in [0.29, 0.717) is 6.42 Å². The largest absolute Gasteiger partial charge is 0.417 e. The lowest BCUT2D eigenvalue weighted by Crippen LogP contribution is -2.28. The van der Waals surface area contributed by atoms with Crippen LogP contribution in [0.3, 0.4) is 0 Å². The number of carbonyl (C=O) groups excluding carboxylic acids is 1. The first-order valence-corrected chi connectivity index (χ1v) is 6.74. The molecule has 116 valence electrons. The number of pyridine rings is 1. The lowest BCUT2D eigenvalue weighted by atomic mass is 10.1. The predicted octanol–water partition coefficient (Wildman–Crippen LogP) is 3.38. The Morgan fingerprint density at radius 2 is 1.91 bits per heavy atom. The molecule has 1 heterocycles. The summed E-state index contributed by atoms with van der Waals surface area (Å²) in [5.74, 6) is -0.736. The fourth-order valence-electron chi connectivity index (χ4n) is 1.97. The lowest BCUT2D eigenvalue weighted by Gasteiger charge is -2.12. The molecule has 0 aliphatic heterocycles. The fourth-order valence-corrected chi connectivity index (χ4v) is 1.97. The Kier molecular flexibility index (Phi) is 4.80. The highest BCUT2D eigenvalue weighted by molar-refractivity contribution is 5.95. The average Bonchev–Trinajstić information content (AvgIpc) is 2.48. The van der Waals surface area contributed by atoms with E-state index in [1.165, 1.54) is 18.2 Å². The molecule has 1 N–H and O–H groups in total. The van der Waals surface area contributed by atoms with Gasteiger partial charge in [-0.2, -0.15) is 13.2 Å². The van der Waals surface area contributed by atoms with Crippen molar-refractivity contribution >= 4 is 5.91 Å². The van der Waals surface area contributed by atoms with E-state index >= 15 is 0 Å². The van der Waals surface area contributed by atoms with Gasteiger partial charge in [-0.1, -0.05) is 18.2 Å². The zero-order valence-electron chi connectivity index (χ0n) is 11.9. The molecular weight excluding hydrogens is 293 g/mol. The van der Waals surface area contributed by atoms with Crippen LogP contribution in [0, 0.1) is 6.92 Å². The number of rotatable bonds is 4. The molecule has 0 atom stereocenters. The van der Waals surface area contributed by atoms with Crippen LogP contribution in [0.25, 0.3) is 0 Å². The summed E-state index contributed by atoms with van der Waals surface area (Å²) < 4.78 is 38.5. The number of amides is 1. The molecule has 0 spiro atoms. The van der Waals surface area contributed by atoms with Crippen LogP contribution < -0.4 is 5.32 Å². The maximum Gasteiger partial charge on any atom is 0.417 e. The molecule has 1 aromatic heterocycles. The molecule has 0 aliphatic rings. The quantitative estimate of drug-likeness (QED) is 0.941. The molecule has 22 heavy (non-hydrogen) atoms. The van der Waals surface area contributed by atoms with Crippen molar-refractivity contribution in [2.24, 2.45) is 0 Å². The van der Waals surface area contributed by atoms with Crippen molar-refractivity contribution in [3.05, 3.63) is 65.0 Å². The van der Waals surface area contributed by atoms with Gasteiger partial charge in [-0.05, 0) is 30.7 Å². The molecule has 0 aliphatic carbocycles. The molecule has 2 rings (SSSR count). The lowest BCUT2D eigenvalue weighted by molar-refractivity contribution is -0.137. The molecule has 0 bridgehead atoms. The zero-order valence-corrected chi connectivity index (χ0v) is 11.9. The zero-order chi connectivity index (χ0) is 16.2. The number of benzene rings is 1. The number of aromatic nitrogens is 1. The molecule has 1 aromatic carbocycles. The Hall–Kier alpha value is -2.37. The summed E-state index contributed by atoms with van der Waals surface area (Å²) >= 11 is 0. The summed E-state index contributed by atoms with van der Waals surface area (Å²) in [6, 6.07) is 8.45. The van der Waals surface area contributed by atoms with Crippen molar-refractivity contribution in [3.8, 4) is 0 Å². The van der Waals surface area contributed by atoms with Crippen molar-refractivity contribution in [3.63, 3.8) is 0 Å². The summed E-state index contributed by atoms with van der Waals surface area (Å²) in [5, 5.41) is 2.50. The Balaban J connectivity index is 2.00. The van der Waals surface area contributed by atoms with Gasteiger partial charge in [0.1, 0.15) is 0 Å². The molecule has 1 amide bonds. The van der Waals surface area contributed by atoms with Crippen molar-refractivity contribution < 1.29 is 18.0 Å². The summed E-state index contributed by atoms with van der Waals surface area (Å²) in [4.78, 5) is 16.1. The van der Waals surface area contributed by atoms with Crippen LogP contribution >= 0.6 is 0 Å². The number of hydrogen-bond donors (Lipinski definition) is 1. The van der Waals surface area contributed by atoms with Crippen molar-refractivity contribution in [2.45, 2.75) is 19.5 Å². The molecule has 0 radical (unpaired) electrons. The monoisotopic (exact) mass is 308 g/mol. The number of carbonyl (C=O) groups is 1. The van der Waals surface area contributed by atoms with E-state index in [-0.39, 0.29) is 12.1 Å². The van der Waals surface area contributed by atoms with Gasteiger partial charge < -0.3 is 5.32 Å². The van der Waals surface area contributed by atoms with Crippen LogP contribution in [0.1, 0.15) is 27.2 Å². The van der Waals surface area contributed by atoms with Gasteiger partial charge in [0.2, 0.25) is 0 Å².